The van der Waals surface area contributed by atoms with Gasteiger partial charge in [0.05, 0.1) is 13.2 Å². The Morgan fingerprint density at radius 2 is 2.17 bits per heavy atom. The van der Waals surface area contributed by atoms with Gasteiger partial charge >= 0.3 is 5.97 Å². The first-order valence-corrected chi connectivity index (χ1v) is 9.20. The lowest BCUT2D eigenvalue weighted by atomic mass is 10.1. The van der Waals surface area contributed by atoms with Gasteiger partial charge < -0.3 is 9.15 Å². The summed E-state index contributed by atoms with van der Waals surface area (Å²) in [5.74, 6) is 2.56. The number of aromatic nitrogens is 2. The van der Waals surface area contributed by atoms with Crippen LogP contribution in [-0.2, 0) is 16.1 Å². The van der Waals surface area contributed by atoms with E-state index in [-0.39, 0.29) is 12.0 Å². The van der Waals surface area contributed by atoms with E-state index in [1.54, 1.807) is 11.8 Å². The third-order valence-electron chi connectivity index (χ3n) is 3.90. The summed E-state index contributed by atoms with van der Waals surface area (Å²) in [7, 11) is 0. The smallest absolute Gasteiger partial charge is 0.324 e. The first kappa shape index (κ1) is 17.0. The zero-order chi connectivity index (χ0) is 16.9. The van der Waals surface area contributed by atoms with Gasteiger partial charge in [-0.15, -0.1) is 10.2 Å². The predicted molar refractivity (Wildman–Crippen MR) is 92.6 cm³/mol. The topological polar surface area (TPSA) is 68.5 Å². The molecule has 7 heteroatoms. The standard InChI is InChI=1S/C17H21N3O3S/c1-3-22-17(21)14-11-24-9-8-20(14)10-15-18-19-16(23-15)13-6-4-12(2)5-7-13/h4-7,14H,3,8-11H2,1-2H3. The van der Waals surface area contributed by atoms with Gasteiger partial charge in [-0.05, 0) is 26.0 Å². The van der Waals surface area contributed by atoms with Gasteiger partial charge in [-0.2, -0.15) is 11.8 Å². The molecule has 1 aromatic carbocycles. The average Bonchev–Trinajstić information content (AvgIpc) is 3.05. The molecule has 0 bridgehead atoms. The highest BCUT2D eigenvalue weighted by atomic mass is 32.2. The Morgan fingerprint density at radius 3 is 2.92 bits per heavy atom. The van der Waals surface area contributed by atoms with Crippen LogP contribution >= 0.6 is 11.8 Å². The van der Waals surface area contributed by atoms with E-state index in [0.29, 0.717) is 24.9 Å². The van der Waals surface area contributed by atoms with Gasteiger partial charge in [0, 0.05) is 23.6 Å². The predicted octanol–water partition coefficient (Wildman–Crippen LogP) is 2.53. The molecule has 2 heterocycles. The number of hydrogen-bond acceptors (Lipinski definition) is 7. The summed E-state index contributed by atoms with van der Waals surface area (Å²) in [5, 5.41) is 8.25. The second-order valence-electron chi connectivity index (χ2n) is 5.68. The Bertz CT molecular complexity index is 687. The fraction of sp³-hybridized carbons (Fsp3) is 0.471. The minimum Gasteiger partial charge on any atom is -0.465 e. The Balaban J connectivity index is 1.70. The van der Waals surface area contributed by atoms with Crippen LogP contribution in [0, 0.1) is 6.92 Å². The molecule has 24 heavy (non-hydrogen) atoms. The summed E-state index contributed by atoms with van der Waals surface area (Å²) in [5.41, 5.74) is 2.08. The van der Waals surface area contributed by atoms with Crippen molar-refractivity contribution in [3.8, 4) is 11.5 Å². The van der Waals surface area contributed by atoms with Crippen LogP contribution in [0.1, 0.15) is 18.4 Å². The van der Waals surface area contributed by atoms with E-state index in [4.69, 9.17) is 9.15 Å². The number of benzene rings is 1. The van der Waals surface area contributed by atoms with Crippen molar-refractivity contribution in [1.29, 1.82) is 0 Å². The lowest BCUT2D eigenvalue weighted by molar-refractivity contribution is -0.149. The molecule has 1 aliphatic heterocycles. The van der Waals surface area contributed by atoms with Crippen molar-refractivity contribution in [2.45, 2.75) is 26.4 Å². The quantitative estimate of drug-likeness (QED) is 0.770. The molecule has 3 rings (SSSR count). The monoisotopic (exact) mass is 347 g/mol. The Kier molecular flexibility index (Phi) is 5.52. The molecular weight excluding hydrogens is 326 g/mol. The number of hydrogen-bond donors (Lipinski definition) is 0. The largest absolute Gasteiger partial charge is 0.465 e. The molecule has 0 radical (unpaired) electrons. The molecule has 0 amide bonds. The maximum atomic E-state index is 12.1. The number of carbonyl (C=O) groups excluding carboxylic acids is 1. The van der Waals surface area contributed by atoms with E-state index in [1.165, 1.54) is 5.56 Å². The lowest BCUT2D eigenvalue weighted by Gasteiger charge is -2.32. The molecule has 0 aliphatic carbocycles. The van der Waals surface area contributed by atoms with Gasteiger partial charge in [-0.1, -0.05) is 17.7 Å². The van der Waals surface area contributed by atoms with Gasteiger partial charge in [0.25, 0.3) is 0 Å². The van der Waals surface area contributed by atoms with Crippen LogP contribution in [0.2, 0.25) is 0 Å². The van der Waals surface area contributed by atoms with Crippen molar-refractivity contribution in [2.24, 2.45) is 0 Å². The van der Waals surface area contributed by atoms with Crippen molar-refractivity contribution in [3.63, 3.8) is 0 Å². The molecule has 2 aromatic rings. The minimum atomic E-state index is -0.251. The van der Waals surface area contributed by atoms with Crippen molar-refractivity contribution >= 4 is 17.7 Å². The summed E-state index contributed by atoms with van der Waals surface area (Å²) >= 11 is 1.77. The van der Waals surface area contributed by atoms with Gasteiger partial charge in [0.15, 0.2) is 0 Å². The van der Waals surface area contributed by atoms with E-state index >= 15 is 0 Å². The average molecular weight is 347 g/mol. The lowest BCUT2D eigenvalue weighted by Crippen LogP contribution is -2.47. The van der Waals surface area contributed by atoms with Gasteiger partial charge in [0.2, 0.25) is 11.8 Å². The minimum absolute atomic E-state index is 0.178. The van der Waals surface area contributed by atoms with Gasteiger partial charge in [-0.3, -0.25) is 9.69 Å². The normalized spacial score (nSPS) is 18.5. The highest BCUT2D eigenvalue weighted by Crippen LogP contribution is 2.22. The van der Waals surface area contributed by atoms with Crippen LogP contribution in [-0.4, -0.2) is 51.8 Å². The second-order valence-corrected chi connectivity index (χ2v) is 6.83. The van der Waals surface area contributed by atoms with Crippen LogP contribution in [0.5, 0.6) is 0 Å². The SMILES string of the molecule is CCOC(=O)C1CSCCN1Cc1nnc(-c2ccc(C)cc2)o1. The zero-order valence-corrected chi connectivity index (χ0v) is 14.7. The van der Waals surface area contributed by atoms with Crippen molar-refractivity contribution < 1.29 is 13.9 Å². The molecule has 0 N–H and O–H groups in total. The molecule has 1 aliphatic rings. The maximum absolute atomic E-state index is 12.1. The molecule has 6 nitrogen and oxygen atoms in total. The van der Waals surface area contributed by atoms with Crippen LogP contribution in [0.4, 0.5) is 0 Å². The molecule has 128 valence electrons. The van der Waals surface area contributed by atoms with Crippen LogP contribution in [0.15, 0.2) is 28.7 Å². The number of thioether (sulfide) groups is 1. The highest BCUT2D eigenvalue weighted by Gasteiger charge is 2.31. The third kappa shape index (κ3) is 3.96. The van der Waals surface area contributed by atoms with Crippen LogP contribution < -0.4 is 0 Å². The molecule has 1 atom stereocenters. The summed E-state index contributed by atoms with van der Waals surface area (Å²) in [4.78, 5) is 14.2. The molecule has 1 aromatic heterocycles. The van der Waals surface area contributed by atoms with Crippen LogP contribution in [0.25, 0.3) is 11.5 Å². The number of carbonyl (C=O) groups is 1. The van der Waals surface area contributed by atoms with E-state index in [0.717, 1.165) is 23.6 Å². The van der Waals surface area contributed by atoms with E-state index in [2.05, 4.69) is 15.1 Å². The summed E-state index contributed by atoms with van der Waals surface area (Å²) < 4.78 is 11.0. The van der Waals surface area contributed by atoms with Gasteiger partial charge in [0.1, 0.15) is 6.04 Å². The molecule has 1 saturated heterocycles. The van der Waals surface area contributed by atoms with E-state index in [9.17, 15) is 4.79 Å². The molecule has 1 fully saturated rings. The second kappa shape index (κ2) is 7.81. The highest BCUT2D eigenvalue weighted by molar-refractivity contribution is 7.99. The van der Waals surface area contributed by atoms with Crippen molar-refractivity contribution in [2.75, 3.05) is 24.7 Å². The van der Waals surface area contributed by atoms with Crippen molar-refractivity contribution in [3.05, 3.63) is 35.7 Å². The van der Waals surface area contributed by atoms with Gasteiger partial charge in [-0.25, -0.2) is 0 Å². The number of rotatable bonds is 5. The Hall–Kier alpha value is -1.86. The summed E-state index contributed by atoms with van der Waals surface area (Å²) in [6.45, 7) is 5.52. The number of aryl methyl sites for hydroxylation is 1. The fourth-order valence-electron chi connectivity index (χ4n) is 2.59. The first-order chi connectivity index (χ1) is 11.7. The van der Waals surface area contributed by atoms with E-state index in [1.807, 2.05) is 38.1 Å². The number of ether oxygens (including phenoxy) is 1. The van der Waals surface area contributed by atoms with Crippen molar-refractivity contribution in [1.82, 2.24) is 15.1 Å². The molecule has 0 spiro atoms. The molecular formula is C17H21N3O3S. The number of nitrogens with zero attached hydrogens (tertiary/aromatic N) is 3. The Morgan fingerprint density at radius 1 is 1.38 bits per heavy atom. The fourth-order valence-corrected chi connectivity index (χ4v) is 3.69. The van der Waals surface area contributed by atoms with Crippen LogP contribution in [0.3, 0.4) is 0 Å². The maximum Gasteiger partial charge on any atom is 0.324 e. The molecule has 0 saturated carbocycles. The zero-order valence-electron chi connectivity index (χ0n) is 13.9. The van der Waals surface area contributed by atoms with E-state index < -0.39 is 0 Å². The molecule has 1 unspecified atom stereocenters. The third-order valence-corrected chi connectivity index (χ3v) is 4.92. The summed E-state index contributed by atoms with van der Waals surface area (Å²) in [6, 6.07) is 7.70. The Labute approximate surface area is 145 Å². The first-order valence-electron chi connectivity index (χ1n) is 8.05. The summed E-state index contributed by atoms with van der Waals surface area (Å²) in [6.07, 6.45) is 0. The number of esters is 1.